The van der Waals surface area contributed by atoms with Crippen LogP contribution < -0.4 is 0 Å². The number of hydrogen-bond donors (Lipinski definition) is 0. The van der Waals surface area contributed by atoms with Crippen molar-refractivity contribution in [2.45, 2.75) is 122 Å². The predicted octanol–water partition coefficient (Wildman–Crippen LogP) is 6.76. The molecule has 1 aliphatic carbocycles. The van der Waals surface area contributed by atoms with Gasteiger partial charge in [-0.1, -0.05) is 63.2 Å². The van der Waals surface area contributed by atoms with Crippen LogP contribution in [0.5, 0.6) is 0 Å². The molecule has 0 aromatic heterocycles. The molecule has 1 saturated carbocycles. The molecule has 0 bridgehead atoms. The summed E-state index contributed by atoms with van der Waals surface area (Å²) in [6.07, 6.45) is 19.2. The number of methoxy groups -OCH3 is 1. The van der Waals surface area contributed by atoms with E-state index in [4.69, 9.17) is 14.2 Å². The maximum absolute atomic E-state index is 6.31. The molecular formula is C26H44O3. The monoisotopic (exact) mass is 404 g/mol. The van der Waals surface area contributed by atoms with Gasteiger partial charge in [-0.15, -0.1) is 0 Å². The summed E-state index contributed by atoms with van der Waals surface area (Å²) in [5, 5.41) is 0. The van der Waals surface area contributed by atoms with Gasteiger partial charge in [0.2, 0.25) is 0 Å². The zero-order chi connectivity index (χ0) is 20.9. The number of unbranched alkanes of at least 4 members (excludes halogenated alkanes) is 7. The third-order valence-electron chi connectivity index (χ3n) is 7.39. The Morgan fingerprint density at radius 1 is 1.14 bits per heavy atom. The first-order valence-corrected chi connectivity index (χ1v) is 12.1. The first-order valence-electron chi connectivity index (χ1n) is 12.1. The molecule has 2 heterocycles. The fourth-order valence-corrected chi connectivity index (χ4v) is 5.45. The molecule has 2 saturated heterocycles. The smallest absolute Gasteiger partial charge is 0.101 e. The molecular weight excluding hydrogens is 360 g/mol. The van der Waals surface area contributed by atoms with Crippen LogP contribution in [0.3, 0.4) is 0 Å². The van der Waals surface area contributed by atoms with E-state index in [9.17, 15) is 0 Å². The molecule has 1 spiro atoms. The van der Waals surface area contributed by atoms with Gasteiger partial charge in [-0.3, -0.25) is 0 Å². The Morgan fingerprint density at radius 3 is 2.45 bits per heavy atom. The molecule has 29 heavy (non-hydrogen) atoms. The largest absolute Gasteiger partial charge is 0.377 e. The normalized spacial score (nSPS) is 37.1. The minimum Gasteiger partial charge on any atom is -0.377 e. The molecule has 3 heteroatoms. The topological polar surface area (TPSA) is 34.3 Å². The summed E-state index contributed by atoms with van der Waals surface area (Å²) in [4.78, 5) is 0. The third-order valence-corrected chi connectivity index (χ3v) is 7.39. The van der Waals surface area contributed by atoms with E-state index in [1.807, 2.05) is 7.11 Å². The summed E-state index contributed by atoms with van der Waals surface area (Å²) < 4.78 is 18.5. The Labute approximate surface area is 179 Å². The highest BCUT2D eigenvalue weighted by molar-refractivity contribution is 5.28. The number of allylic oxidation sites excluding steroid dienone is 2. The van der Waals surface area contributed by atoms with Gasteiger partial charge in [0.1, 0.15) is 11.2 Å². The highest BCUT2D eigenvalue weighted by atomic mass is 16.6. The van der Waals surface area contributed by atoms with Crippen LogP contribution in [0.15, 0.2) is 23.3 Å². The fraction of sp³-hybridized carbons (Fsp3) is 0.846. The Bertz CT molecular complexity index is 585. The lowest BCUT2D eigenvalue weighted by Gasteiger charge is -2.40. The van der Waals surface area contributed by atoms with E-state index in [1.54, 1.807) is 0 Å². The molecule has 0 radical (unpaired) electrons. The molecule has 0 aromatic rings. The van der Waals surface area contributed by atoms with Crippen molar-refractivity contribution < 1.29 is 14.2 Å². The SMILES string of the molecule is CCCCCCCCCC=C1CC[C@]2(CO2)C(C2(C)O[C@@H]2CC=C(C)C)[C@@H]1OC. The van der Waals surface area contributed by atoms with Crippen molar-refractivity contribution in [1.82, 2.24) is 0 Å². The maximum atomic E-state index is 6.31. The summed E-state index contributed by atoms with van der Waals surface area (Å²) in [7, 11) is 1.87. The van der Waals surface area contributed by atoms with Gasteiger partial charge in [0.25, 0.3) is 0 Å². The highest BCUT2D eigenvalue weighted by Crippen LogP contribution is 2.60. The summed E-state index contributed by atoms with van der Waals surface area (Å²) >= 11 is 0. The van der Waals surface area contributed by atoms with E-state index in [2.05, 4.69) is 39.8 Å². The molecule has 3 aliphatic rings. The molecule has 2 aliphatic heterocycles. The van der Waals surface area contributed by atoms with Crippen LogP contribution in [0.2, 0.25) is 0 Å². The summed E-state index contributed by atoms with van der Waals surface area (Å²) in [5.41, 5.74) is 2.72. The molecule has 3 rings (SSSR count). The zero-order valence-electron chi connectivity index (χ0n) is 19.6. The molecule has 2 unspecified atom stereocenters. The second-order valence-corrected chi connectivity index (χ2v) is 9.98. The van der Waals surface area contributed by atoms with E-state index in [-0.39, 0.29) is 17.3 Å². The van der Waals surface area contributed by atoms with Gasteiger partial charge in [-0.2, -0.15) is 0 Å². The van der Waals surface area contributed by atoms with Crippen LogP contribution in [-0.2, 0) is 14.2 Å². The van der Waals surface area contributed by atoms with Gasteiger partial charge in [0.05, 0.1) is 24.7 Å². The van der Waals surface area contributed by atoms with Crippen LogP contribution in [0, 0.1) is 5.92 Å². The molecule has 5 atom stereocenters. The van der Waals surface area contributed by atoms with Crippen molar-refractivity contribution in [2.75, 3.05) is 13.7 Å². The van der Waals surface area contributed by atoms with Gasteiger partial charge in [-0.05, 0) is 58.4 Å². The first kappa shape index (κ1) is 23.0. The standard InChI is InChI=1S/C26H44O3/c1-6-7-8-9-10-11-12-13-14-21-17-18-26(19-28-26)24(23(21)27-5)25(4)22(29-25)16-15-20(2)3/h14-15,22-24H,6-13,16-19H2,1-5H3/t22-,23-,24?,25?,26+/m1/s1. The van der Waals surface area contributed by atoms with E-state index in [1.165, 1.54) is 62.5 Å². The van der Waals surface area contributed by atoms with Crippen molar-refractivity contribution in [3.05, 3.63) is 23.3 Å². The summed E-state index contributed by atoms with van der Waals surface area (Å²) in [6, 6.07) is 0. The van der Waals surface area contributed by atoms with Crippen LogP contribution in [0.25, 0.3) is 0 Å². The summed E-state index contributed by atoms with van der Waals surface area (Å²) in [6.45, 7) is 9.76. The minimum absolute atomic E-state index is 0.00817. The van der Waals surface area contributed by atoms with E-state index in [0.29, 0.717) is 12.0 Å². The van der Waals surface area contributed by atoms with E-state index in [0.717, 1.165) is 25.9 Å². The van der Waals surface area contributed by atoms with Gasteiger partial charge < -0.3 is 14.2 Å². The lowest BCUT2D eigenvalue weighted by molar-refractivity contribution is -0.0203. The van der Waals surface area contributed by atoms with Gasteiger partial charge >= 0.3 is 0 Å². The zero-order valence-corrected chi connectivity index (χ0v) is 19.6. The number of rotatable bonds is 12. The third kappa shape index (κ3) is 5.54. The van der Waals surface area contributed by atoms with Crippen molar-refractivity contribution in [1.29, 1.82) is 0 Å². The van der Waals surface area contributed by atoms with E-state index >= 15 is 0 Å². The number of epoxide rings is 2. The fourth-order valence-electron chi connectivity index (χ4n) is 5.45. The van der Waals surface area contributed by atoms with Crippen LogP contribution in [-0.4, -0.2) is 37.1 Å². The van der Waals surface area contributed by atoms with Gasteiger partial charge in [-0.25, -0.2) is 0 Å². The van der Waals surface area contributed by atoms with Crippen molar-refractivity contribution in [2.24, 2.45) is 5.92 Å². The van der Waals surface area contributed by atoms with Crippen LogP contribution in [0.4, 0.5) is 0 Å². The predicted molar refractivity (Wildman–Crippen MR) is 120 cm³/mol. The van der Waals surface area contributed by atoms with Gasteiger partial charge in [0.15, 0.2) is 0 Å². The molecule has 0 amide bonds. The molecule has 166 valence electrons. The van der Waals surface area contributed by atoms with Crippen LogP contribution >= 0.6 is 0 Å². The van der Waals surface area contributed by atoms with Crippen molar-refractivity contribution >= 4 is 0 Å². The first-order chi connectivity index (χ1) is 14.0. The Balaban J connectivity index is 1.56. The van der Waals surface area contributed by atoms with Crippen LogP contribution in [0.1, 0.15) is 98.3 Å². The molecule has 0 aromatic carbocycles. The van der Waals surface area contributed by atoms with Gasteiger partial charge in [0, 0.05) is 7.11 Å². The minimum atomic E-state index is -0.123. The lowest BCUT2D eigenvalue weighted by atomic mass is 9.67. The average Bonchev–Trinajstić information content (AvgIpc) is 3.60. The highest BCUT2D eigenvalue weighted by Gasteiger charge is 2.71. The van der Waals surface area contributed by atoms with Crippen molar-refractivity contribution in [3.63, 3.8) is 0 Å². The number of hydrogen-bond acceptors (Lipinski definition) is 3. The van der Waals surface area contributed by atoms with Crippen molar-refractivity contribution in [3.8, 4) is 0 Å². The Kier molecular flexibility index (Phi) is 8.03. The molecule has 0 N–H and O–H groups in total. The number of ether oxygens (including phenoxy) is 3. The summed E-state index contributed by atoms with van der Waals surface area (Å²) in [5.74, 6) is 0.310. The van der Waals surface area contributed by atoms with E-state index < -0.39 is 0 Å². The second kappa shape index (κ2) is 10.1. The maximum Gasteiger partial charge on any atom is 0.101 e. The second-order valence-electron chi connectivity index (χ2n) is 9.98. The quantitative estimate of drug-likeness (QED) is 0.205. The Morgan fingerprint density at radius 2 is 1.83 bits per heavy atom. The molecule has 3 fully saturated rings. The lowest BCUT2D eigenvalue weighted by Crippen LogP contribution is -2.49. The Hall–Kier alpha value is -0.640. The molecule has 3 nitrogen and oxygen atoms in total. The average molecular weight is 405 g/mol.